The van der Waals surface area contributed by atoms with Gasteiger partial charge in [-0.3, -0.25) is 14.3 Å². The van der Waals surface area contributed by atoms with Crippen LogP contribution in [-0.4, -0.2) is 18.3 Å². The normalized spacial score (nSPS) is 12.6. The highest BCUT2D eigenvalue weighted by atomic mass is 32.2. The molecule has 26 heavy (non-hydrogen) atoms. The first-order chi connectivity index (χ1) is 12.5. The highest BCUT2D eigenvalue weighted by Crippen LogP contribution is 2.28. The van der Waals surface area contributed by atoms with Crippen molar-refractivity contribution < 1.29 is 8.76 Å². The summed E-state index contributed by atoms with van der Waals surface area (Å²) in [6, 6.07) is 13.9. The predicted octanol–water partition coefficient (Wildman–Crippen LogP) is 4.40. The summed E-state index contributed by atoms with van der Waals surface area (Å²) in [6.45, 7) is 4.89. The summed E-state index contributed by atoms with van der Waals surface area (Å²) in [4.78, 5) is 4.59. The molecule has 1 atom stereocenters. The highest BCUT2D eigenvalue weighted by molar-refractivity contribution is 7.80. The van der Waals surface area contributed by atoms with E-state index in [9.17, 15) is 4.21 Å². The van der Waals surface area contributed by atoms with Crippen LogP contribution in [0.4, 0.5) is 5.69 Å². The fraction of sp³-hybridized carbons (Fsp3) is 0.150. The summed E-state index contributed by atoms with van der Waals surface area (Å²) in [5, 5.41) is 2.24. The molecule has 0 radical (unpaired) electrons. The molecule has 2 N–H and O–H groups in total. The van der Waals surface area contributed by atoms with E-state index in [1.807, 2.05) is 24.4 Å². The molecule has 0 amide bonds. The first kappa shape index (κ1) is 16.8. The maximum absolute atomic E-state index is 11.0. The molecule has 0 fully saturated rings. The number of rotatable bonds is 4. The molecule has 0 saturated heterocycles. The Labute approximate surface area is 154 Å². The van der Waals surface area contributed by atoms with Gasteiger partial charge in [0.05, 0.1) is 11.0 Å². The average Bonchev–Trinajstić information content (AvgIpc) is 2.99. The van der Waals surface area contributed by atoms with Gasteiger partial charge in [-0.1, -0.05) is 12.1 Å². The van der Waals surface area contributed by atoms with Crippen molar-refractivity contribution in [3.05, 3.63) is 71.5 Å². The van der Waals surface area contributed by atoms with Gasteiger partial charge in [0.1, 0.15) is 0 Å². The number of anilines is 1. The third kappa shape index (κ3) is 3.09. The quantitative estimate of drug-likeness (QED) is 0.527. The van der Waals surface area contributed by atoms with Crippen molar-refractivity contribution in [3.8, 4) is 0 Å². The molecule has 0 aliphatic heterocycles. The van der Waals surface area contributed by atoms with Crippen molar-refractivity contribution in [1.29, 1.82) is 0 Å². The zero-order chi connectivity index (χ0) is 18.3. The molecule has 0 bridgehead atoms. The summed E-state index contributed by atoms with van der Waals surface area (Å²) < 4.78 is 24.7. The van der Waals surface area contributed by atoms with E-state index in [2.05, 4.69) is 52.5 Å². The van der Waals surface area contributed by atoms with Crippen LogP contribution >= 0.6 is 0 Å². The van der Waals surface area contributed by atoms with Crippen molar-refractivity contribution in [1.82, 2.24) is 9.55 Å². The smallest absolute Gasteiger partial charge is 0.259 e. The number of fused-ring (bicyclic) bond motifs is 3. The SMILES string of the molecule is Cc1cc2ncc3ccn(Cc4cccc(NS(=O)O)c4)c3c2cc1C. The first-order valence-electron chi connectivity index (χ1n) is 8.32. The lowest BCUT2D eigenvalue weighted by Gasteiger charge is -2.11. The number of hydrogen-bond acceptors (Lipinski definition) is 2. The second-order valence-electron chi connectivity index (χ2n) is 6.51. The van der Waals surface area contributed by atoms with Gasteiger partial charge in [-0.05, 0) is 60.9 Å². The standard InChI is InChI=1S/C20H19N3O2S/c1-13-8-18-19(9-14(13)2)21-11-16-6-7-23(20(16)18)12-15-4-3-5-17(10-15)22-26(24)25/h3-11,22H,12H2,1-2H3,(H,24,25). The molecule has 6 heteroatoms. The Bertz CT molecular complexity index is 1150. The third-order valence-corrected chi connectivity index (χ3v) is 5.10. The summed E-state index contributed by atoms with van der Waals surface area (Å²) in [5.74, 6) is 0. The van der Waals surface area contributed by atoms with Crippen molar-refractivity contribution in [2.45, 2.75) is 20.4 Å². The molecule has 1 unspecified atom stereocenters. The Morgan fingerprint density at radius 3 is 2.77 bits per heavy atom. The summed E-state index contributed by atoms with van der Waals surface area (Å²) in [5.41, 5.74) is 6.30. The molecule has 4 aromatic rings. The maximum Gasteiger partial charge on any atom is 0.259 e. The van der Waals surface area contributed by atoms with Gasteiger partial charge < -0.3 is 4.57 Å². The summed E-state index contributed by atoms with van der Waals surface area (Å²) >= 11 is -2.07. The molecule has 2 aromatic carbocycles. The molecule has 2 heterocycles. The predicted molar refractivity (Wildman–Crippen MR) is 107 cm³/mol. The minimum Gasteiger partial charge on any atom is -0.342 e. The van der Waals surface area contributed by atoms with E-state index < -0.39 is 11.3 Å². The number of nitrogens with one attached hydrogen (secondary N) is 1. The van der Waals surface area contributed by atoms with Gasteiger partial charge in [-0.25, -0.2) is 4.21 Å². The zero-order valence-electron chi connectivity index (χ0n) is 14.6. The third-order valence-electron chi connectivity index (χ3n) is 4.69. The van der Waals surface area contributed by atoms with E-state index in [-0.39, 0.29) is 0 Å². The lowest BCUT2D eigenvalue weighted by atomic mass is 10.0. The van der Waals surface area contributed by atoms with Gasteiger partial charge in [0, 0.05) is 35.4 Å². The number of aryl methyl sites for hydroxylation is 2. The van der Waals surface area contributed by atoms with Crippen molar-refractivity contribution in [2.75, 3.05) is 4.72 Å². The summed E-state index contributed by atoms with van der Waals surface area (Å²) in [7, 11) is 0. The van der Waals surface area contributed by atoms with Crippen LogP contribution in [0.5, 0.6) is 0 Å². The number of hydrogen-bond donors (Lipinski definition) is 2. The second-order valence-corrected chi connectivity index (χ2v) is 7.21. The fourth-order valence-corrected chi connectivity index (χ4v) is 3.63. The molecule has 132 valence electrons. The minimum absolute atomic E-state index is 0.623. The van der Waals surface area contributed by atoms with E-state index >= 15 is 0 Å². The van der Waals surface area contributed by atoms with Crippen molar-refractivity contribution in [2.24, 2.45) is 0 Å². The monoisotopic (exact) mass is 365 g/mol. The van der Waals surface area contributed by atoms with Crippen LogP contribution in [0.25, 0.3) is 21.8 Å². The number of pyridine rings is 1. The van der Waals surface area contributed by atoms with Crippen LogP contribution in [-0.2, 0) is 17.8 Å². The molecule has 4 rings (SSSR count). The molecule has 0 aliphatic rings. The van der Waals surface area contributed by atoms with E-state index in [1.165, 1.54) is 11.1 Å². The van der Waals surface area contributed by atoms with Gasteiger partial charge in [-0.2, -0.15) is 0 Å². The van der Waals surface area contributed by atoms with Gasteiger partial charge in [0.25, 0.3) is 11.3 Å². The average molecular weight is 365 g/mol. The van der Waals surface area contributed by atoms with Crippen LogP contribution in [0.2, 0.25) is 0 Å². The van der Waals surface area contributed by atoms with Crippen molar-refractivity contribution >= 4 is 38.8 Å². The highest BCUT2D eigenvalue weighted by Gasteiger charge is 2.09. The van der Waals surface area contributed by atoms with Crippen LogP contribution < -0.4 is 4.72 Å². The Morgan fingerprint density at radius 2 is 1.96 bits per heavy atom. The lowest BCUT2D eigenvalue weighted by molar-refractivity contribution is 0.570. The van der Waals surface area contributed by atoms with Crippen LogP contribution in [0.15, 0.2) is 54.9 Å². The summed E-state index contributed by atoms with van der Waals surface area (Å²) in [6.07, 6.45) is 3.97. The topological polar surface area (TPSA) is 67.2 Å². The molecule has 2 aromatic heterocycles. The fourth-order valence-electron chi connectivity index (χ4n) is 3.30. The Balaban J connectivity index is 1.81. The van der Waals surface area contributed by atoms with Gasteiger partial charge >= 0.3 is 0 Å². The van der Waals surface area contributed by atoms with Crippen LogP contribution in [0, 0.1) is 13.8 Å². The molecule has 5 nitrogen and oxygen atoms in total. The van der Waals surface area contributed by atoms with Crippen LogP contribution in [0.1, 0.15) is 16.7 Å². The zero-order valence-corrected chi connectivity index (χ0v) is 15.4. The first-order valence-corrected chi connectivity index (χ1v) is 9.43. The van der Waals surface area contributed by atoms with E-state index in [0.717, 1.165) is 27.4 Å². The maximum atomic E-state index is 11.0. The van der Waals surface area contributed by atoms with Gasteiger partial charge in [-0.15, -0.1) is 0 Å². The largest absolute Gasteiger partial charge is 0.342 e. The minimum atomic E-state index is -2.07. The number of nitrogens with zero attached hydrogens (tertiary/aromatic N) is 2. The Kier molecular flexibility index (Phi) is 4.22. The Morgan fingerprint density at radius 1 is 1.15 bits per heavy atom. The second kappa shape index (κ2) is 6.55. The van der Waals surface area contributed by atoms with Gasteiger partial charge in [0.15, 0.2) is 0 Å². The number of benzene rings is 2. The molecule has 0 aliphatic carbocycles. The van der Waals surface area contributed by atoms with E-state index in [1.54, 1.807) is 6.07 Å². The molecular formula is C20H19N3O2S. The lowest BCUT2D eigenvalue weighted by Crippen LogP contribution is -2.03. The molecular weight excluding hydrogens is 346 g/mol. The van der Waals surface area contributed by atoms with Gasteiger partial charge in [0.2, 0.25) is 0 Å². The molecule has 0 spiro atoms. The Hall–Kier alpha value is -2.70. The van der Waals surface area contributed by atoms with Crippen LogP contribution in [0.3, 0.4) is 0 Å². The van der Waals surface area contributed by atoms with E-state index in [0.29, 0.717) is 12.2 Å². The number of aromatic nitrogens is 2. The van der Waals surface area contributed by atoms with E-state index in [4.69, 9.17) is 4.55 Å². The van der Waals surface area contributed by atoms with Crippen molar-refractivity contribution in [3.63, 3.8) is 0 Å². The molecule has 0 saturated carbocycles.